The number of carbonyl (C=O) groups is 1. The fourth-order valence-electron chi connectivity index (χ4n) is 1.81. The second-order valence-corrected chi connectivity index (χ2v) is 5.34. The van der Waals surface area contributed by atoms with Gasteiger partial charge in [-0.25, -0.2) is 0 Å². The van der Waals surface area contributed by atoms with E-state index in [1.807, 2.05) is 6.07 Å². The zero-order valence-electron chi connectivity index (χ0n) is 10.5. The summed E-state index contributed by atoms with van der Waals surface area (Å²) < 4.78 is 5.20. The van der Waals surface area contributed by atoms with Crippen LogP contribution >= 0.6 is 11.6 Å². The summed E-state index contributed by atoms with van der Waals surface area (Å²) in [4.78, 5) is 11.6. The lowest BCUT2D eigenvalue weighted by Gasteiger charge is -2.38. The maximum atomic E-state index is 11.6. The molecule has 0 radical (unpaired) electrons. The number of amides is 1. The van der Waals surface area contributed by atoms with Crippen LogP contribution in [0, 0.1) is 5.41 Å². The summed E-state index contributed by atoms with van der Waals surface area (Å²) >= 11 is 5.99. The van der Waals surface area contributed by atoms with Gasteiger partial charge in [-0.15, -0.1) is 0 Å². The normalized spacial score (nSPS) is 16.8. The Morgan fingerprint density at radius 1 is 1.50 bits per heavy atom. The summed E-state index contributed by atoms with van der Waals surface area (Å²) in [6, 6.07) is 5.37. The number of carbonyl (C=O) groups excluding carboxylic acids is 1. The van der Waals surface area contributed by atoms with Crippen LogP contribution in [0.1, 0.15) is 17.3 Å². The van der Waals surface area contributed by atoms with Gasteiger partial charge < -0.3 is 15.4 Å². The Kier molecular flexibility index (Phi) is 3.78. The number of halogens is 1. The van der Waals surface area contributed by atoms with Gasteiger partial charge in [-0.3, -0.25) is 4.79 Å². The molecule has 2 N–H and O–H groups in total. The summed E-state index contributed by atoms with van der Waals surface area (Å²) in [5.41, 5.74) is 1.57. The predicted molar refractivity (Wildman–Crippen MR) is 72.3 cm³/mol. The highest BCUT2D eigenvalue weighted by atomic mass is 35.5. The fraction of sp³-hybridized carbons (Fsp3) is 0.462. The minimum atomic E-state index is -0.179. The number of rotatable bonds is 4. The molecular weight excluding hydrogens is 252 g/mol. The van der Waals surface area contributed by atoms with Gasteiger partial charge in [-0.05, 0) is 18.2 Å². The van der Waals surface area contributed by atoms with E-state index >= 15 is 0 Å². The molecule has 1 aliphatic rings. The first-order chi connectivity index (χ1) is 8.54. The van der Waals surface area contributed by atoms with Gasteiger partial charge in [0.25, 0.3) is 5.91 Å². The van der Waals surface area contributed by atoms with Crippen LogP contribution in [-0.2, 0) is 4.74 Å². The van der Waals surface area contributed by atoms with Gasteiger partial charge in [0.15, 0.2) is 0 Å². The first kappa shape index (κ1) is 13.2. The van der Waals surface area contributed by atoms with Crippen molar-refractivity contribution in [2.45, 2.75) is 6.92 Å². The summed E-state index contributed by atoms with van der Waals surface area (Å²) in [5.74, 6) is -0.179. The third kappa shape index (κ3) is 2.76. The molecule has 0 saturated carbocycles. The van der Waals surface area contributed by atoms with Crippen LogP contribution in [0.3, 0.4) is 0 Å². The molecule has 0 spiro atoms. The molecule has 1 aromatic carbocycles. The number of benzene rings is 1. The molecule has 0 bridgehead atoms. The van der Waals surface area contributed by atoms with E-state index in [-0.39, 0.29) is 11.3 Å². The van der Waals surface area contributed by atoms with E-state index in [9.17, 15) is 4.79 Å². The van der Waals surface area contributed by atoms with Gasteiger partial charge in [0.1, 0.15) is 0 Å². The molecule has 1 aromatic rings. The molecule has 1 heterocycles. The van der Waals surface area contributed by atoms with E-state index in [0.29, 0.717) is 10.6 Å². The number of nitrogens with one attached hydrogen (secondary N) is 2. The second-order valence-electron chi connectivity index (χ2n) is 4.93. The van der Waals surface area contributed by atoms with Crippen molar-refractivity contribution in [1.82, 2.24) is 5.32 Å². The van der Waals surface area contributed by atoms with E-state index in [1.54, 1.807) is 19.2 Å². The van der Waals surface area contributed by atoms with E-state index in [0.717, 1.165) is 25.4 Å². The lowest BCUT2D eigenvalue weighted by atomic mass is 9.88. The third-order valence-corrected chi connectivity index (χ3v) is 3.39. The first-order valence-electron chi connectivity index (χ1n) is 5.87. The third-order valence-electron chi connectivity index (χ3n) is 3.06. The molecule has 0 atom stereocenters. The molecule has 2 rings (SSSR count). The van der Waals surface area contributed by atoms with Gasteiger partial charge in [-0.1, -0.05) is 18.5 Å². The first-order valence-corrected chi connectivity index (χ1v) is 6.25. The van der Waals surface area contributed by atoms with Crippen molar-refractivity contribution in [1.29, 1.82) is 0 Å². The Bertz CT molecular complexity index is 458. The van der Waals surface area contributed by atoms with Crippen molar-refractivity contribution in [3.63, 3.8) is 0 Å². The van der Waals surface area contributed by atoms with Gasteiger partial charge in [0, 0.05) is 24.7 Å². The predicted octanol–water partition coefficient (Wildman–Crippen LogP) is 2.15. The summed E-state index contributed by atoms with van der Waals surface area (Å²) in [6.45, 7) is 4.53. The SMILES string of the molecule is CNC(=O)c1cc(NCC2(C)COC2)ccc1Cl. The highest BCUT2D eigenvalue weighted by Gasteiger charge is 2.32. The molecule has 98 valence electrons. The van der Waals surface area contributed by atoms with Crippen molar-refractivity contribution in [3.8, 4) is 0 Å². The van der Waals surface area contributed by atoms with Crippen LogP contribution in [0.2, 0.25) is 5.02 Å². The Labute approximate surface area is 112 Å². The van der Waals surface area contributed by atoms with Crippen LogP contribution in [-0.4, -0.2) is 32.7 Å². The highest BCUT2D eigenvalue weighted by molar-refractivity contribution is 6.34. The van der Waals surface area contributed by atoms with Crippen molar-refractivity contribution >= 4 is 23.2 Å². The van der Waals surface area contributed by atoms with E-state index in [4.69, 9.17) is 16.3 Å². The van der Waals surface area contributed by atoms with Crippen LogP contribution in [0.25, 0.3) is 0 Å². The maximum Gasteiger partial charge on any atom is 0.252 e. The minimum Gasteiger partial charge on any atom is -0.384 e. The fourth-order valence-corrected chi connectivity index (χ4v) is 2.02. The zero-order chi connectivity index (χ0) is 13.2. The Hall–Kier alpha value is -1.26. The van der Waals surface area contributed by atoms with Gasteiger partial charge >= 0.3 is 0 Å². The highest BCUT2D eigenvalue weighted by Crippen LogP contribution is 2.27. The Morgan fingerprint density at radius 3 is 2.78 bits per heavy atom. The maximum absolute atomic E-state index is 11.6. The molecule has 4 nitrogen and oxygen atoms in total. The van der Waals surface area contributed by atoms with Crippen LogP contribution in [0.4, 0.5) is 5.69 Å². The lowest BCUT2D eigenvalue weighted by Crippen LogP contribution is -2.45. The van der Waals surface area contributed by atoms with E-state index in [1.165, 1.54) is 0 Å². The zero-order valence-corrected chi connectivity index (χ0v) is 11.3. The molecule has 1 fully saturated rings. The minimum absolute atomic E-state index is 0.179. The number of hydrogen-bond acceptors (Lipinski definition) is 3. The number of anilines is 1. The summed E-state index contributed by atoms with van der Waals surface area (Å²) in [7, 11) is 1.59. The van der Waals surface area contributed by atoms with E-state index < -0.39 is 0 Å². The monoisotopic (exact) mass is 268 g/mol. The van der Waals surface area contributed by atoms with Gasteiger partial charge in [0.05, 0.1) is 23.8 Å². The van der Waals surface area contributed by atoms with Crippen LogP contribution < -0.4 is 10.6 Å². The average Bonchev–Trinajstić information content (AvgIpc) is 2.34. The van der Waals surface area contributed by atoms with Gasteiger partial charge in [0.2, 0.25) is 0 Å². The number of hydrogen-bond donors (Lipinski definition) is 2. The molecule has 5 heteroatoms. The van der Waals surface area contributed by atoms with Crippen molar-refractivity contribution in [3.05, 3.63) is 28.8 Å². The average molecular weight is 269 g/mol. The molecule has 1 saturated heterocycles. The largest absolute Gasteiger partial charge is 0.384 e. The lowest BCUT2D eigenvalue weighted by molar-refractivity contribution is -0.0924. The van der Waals surface area contributed by atoms with E-state index in [2.05, 4.69) is 17.6 Å². The van der Waals surface area contributed by atoms with Crippen LogP contribution in [0.15, 0.2) is 18.2 Å². The molecule has 18 heavy (non-hydrogen) atoms. The molecule has 1 aliphatic heterocycles. The molecule has 0 aliphatic carbocycles. The second kappa shape index (κ2) is 5.16. The molecule has 0 unspecified atom stereocenters. The number of ether oxygens (including phenoxy) is 1. The topological polar surface area (TPSA) is 50.4 Å². The van der Waals surface area contributed by atoms with Crippen molar-refractivity contribution < 1.29 is 9.53 Å². The Morgan fingerprint density at radius 2 is 2.22 bits per heavy atom. The van der Waals surface area contributed by atoms with Gasteiger partial charge in [-0.2, -0.15) is 0 Å². The van der Waals surface area contributed by atoms with Crippen LogP contribution in [0.5, 0.6) is 0 Å². The molecular formula is C13H17ClN2O2. The molecule has 1 amide bonds. The quantitative estimate of drug-likeness (QED) is 0.880. The smallest absolute Gasteiger partial charge is 0.252 e. The molecule has 0 aromatic heterocycles. The Balaban J connectivity index is 2.07. The summed E-state index contributed by atoms with van der Waals surface area (Å²) in [5, 5.41) is 6.34. The summed E-state index contributed by atoms with van der Waals surface area (Å²) in [6.07, 6.45) is 0. The standard InChI is InChI=1S/C13H17ClN2O2/c1-13(7-18-8-13)6-16-9-3-4-11(14)10(5-9)12(17)15-2/h3-5,16H,6-8H2,1-2H3,(H,15,17). The van der Waals surface area contributed by atoms with Crippen molar-refractivity contribution in [2.75, 3.05) is 32.1 Å². The van der Waals surface area contributed by atoms with Crippen molar-refractivity contribution in [2.24, 2.45) is 5.41 Å².